The molecule has 0 aliphatic rings. The molecule has 3 N–H and O–H groups in total. The highest BCUT2D eigenvalue weighted by atomic mass is 32.1. The van der Waals surface area contributed by atoms with Crippen LogP contribution >= 0.6 is 11.3 Å². The molecule has 2 rings (SSSR count). The maximum Gasteiger partial charge on any atom is 0.261 e. The molecule has 0 bridgehead atoms. The third-order valence-electron chi connectivity index (χ3n) is 3.08. The molecule has 0 unspecified atom stereocenters. The van der Waals surface area contributed by atoms with Crippen molar-refractivity contribution in [2.45, 2.75) is 19.9 Å². The first-order valence-corrected chi connectivity index (χ1v) is 7.30. The molecule has 0 saturated heterocycles. The minimum Gasteiger partial charge on any atom is -0.496 e. The average Bonchev–Trinajstić information content (AvgIpc) is 2.93. The minimum absolute atomic E-state index is 0.0543. The van der Waals surface area contributed by atoms with Crippen LogP contribution in [0.4, 0.5) is 5.69 Å². The van der Waals surface area contributed by atoms with E-state index in [2.05, 4.69) is 5.32 Å². The summed E-state index contributed by atoms with van der Waals surface area (Å²) in [5.41, 5.74) is 8.36. The summed E-state index contributed by atoms with van der Waals surface area (Å²) in [5, 5.41) is 4.85. The first kappa shape index (κ1) is 14.4. The van der Waals surface area contributed by atoms with E-state index in [0.29, 0.717) is 12.2 Å². The van der Waals surface area contributed by atoms with Crippen molar-refractivity contribution < 1.29 is 9.53 Å². The van der Waals surface area contributed by atoms with E-state index in [1.807, 2.05) is 24.4 Å². The lowest BCUT2D eigenvalue weighted by atomic mass is 10.1. The Balaban J connectivity index is 2.09. The number of ether oxygens (including phenoxy) is 1. The maximum absolute atomic E-state index is 12.2. The summed E-state index contributed by atoms with van der Waals surface area (Å²) in [6, 6.07) is 7.38. The fraction of sp³-hybridized carbons (Fsp3) is 0.267. The van der Waals surface area contributed by atoms with Gasteiger partial charge in [-0.05, 0) is 41.6 Å². The predicted octanol–water partition coefficient (Wildman–Crippen LogP) is 2.83. The molecular weight excluding hydrogens is 272 g/mol. The highest BCUT2D eigenvalue weighted by molar-refractivity contribution is 7.12. The zero-order valence-electron chi connectivity index (χ0n) is 11.6. The van der Waals surface area contributed by atoms with Gasteiger partial charge in [0.1, 0.15) is 5.75 Å². The number of hydrogen-bond donors (Lipinski definition) is 2. The molecule has 1 heterocycles. The molecular formula is C15H18N2O2S. The highest BCUT2D eigenvalue weighted by Gasteiger charge is 2.12. The number of methoxy groups -OCH3 is 1. The number of nitrogen functional groups attached to an aromatic ring is 1. The number of aryl methyl sites for hydroxylation is 1. The van der Waals surface area contributed by atoms with Crippen molar-refractivity contribution in [2.24, 2.45) is 0 Å². The Hall–Kier alpha value is -2.01. The van der Waals surface area contributed by atoms with Crippen molar-refractivity contribution >= 4 is 22.9 Å². The number of carbonyl (C=O) groups excluding carboxylic acids is 1. The van der Waals surface area contributed by atoms with Gasteiger partial charge in [0, 0.05) is 17.8 Å². The Morgan fingerprint density at radius 3 is 2.85 bits per heavy atom. The van der Waals surface area contributed by atoms with Gasteiger partial charge < -0.3 is 15.8 Å². The number of rotatable bonds is 5. The number of anilines is 1. The molecule has 106 valence electrons. The normalized spacial score (nSPS) is 10.3. The summed E-state index contributed by atoms with van der Waals surface area (Å²) in [5.74, 6) is 0.669. The van der Waals surface area contributed by atoms with E-state index in [1.165, 1.54) is 11.3 Å². The number of carbonyl (C=O) groups is 1. The van der Waals surface area contributed by atoms with Crippen LogP contribution in [0, 0.1) is 0 Å². The molecule has 0 spiro atoms. The SMILES string of the molecule is CCc1ccsc1C(=O)NCc1cc(N)ccc1OC. The number of amides is 1. The summed E-state index contributed by atoms with van der Waals surface area (Å²) in [4.78, 5) is 12.9. The van der Waals surface area contributed by atoms with Crippen LogP contribution in [0.2, 0.25) is 0 Å². The monoisotopic (exact) mass is 290 g/mol. The number of thiophene rings is 1. The van der Waals surface area contributed by atoms with Gasteiger partial charge in [-0.25, -0.2) is 0 Å². The fourth-order valence-corrected chi connectivity index (χ4v) is 2.92. The van der Waals surface area contributed by atoms with Gasteiger partial charge in [-0.3, -0.25) is 4.79 Å². The molecule has 0 saturated carbocycles. The van der Waals surface area contributed by atoms with E-state index in [-0.39, 0.29) is 5.91 Å². The fourth-order valence-electron chi connectivity index (χ4n) is 2.01. The molecule has 4 nitrogen and oxygen atoms in total. The first-order valence-electron chi connectivity index (χ1n) is 6.42. The van der Waals surface area contributed by atoms with Crippen molar-refractivity contribution in [3.8, 4) is 5.75 Å². The third-order valence-corrected chi connectivity index (χ3v) is 4.03. The van der Waals surface area contributed by atoms with E-state index >= 15 is 0 Å². The van der Waals surface area contributed by atoms with Crippen molar-refractivity contribution in [2.75, 3.05) is 12.8 Å². The van der Waals surface area contributed by atoms with Crippen LogP contribution in [0.1, 0.15) is 27.7 Å². The molecule has 1 amide bonds. The molecule has 0 fully saturated rings. The second-order valence-corrected chi connectivity index (χ2v) is 5.30. The number of hydrogen-bond acceptors (Lipinski definition) is 4. The summed E-state index contributed by atoms with van der Waals surface area (Å²) < 4.78 is 5.26. The molecule has 20 heavy (non-hydrogen) atoms. The van der Waals surface area contributed by atoms with Crippen molar-refractivity contribution in [3.63, 3.8) is 0 Å². The van der Waals surface area contributed by atoms with Crippen LogP contribution in [0.3, 0.4) is 0 Å². The summed E-state index contributed by atoms with van der Waals surface area (Å²) in [6.45, 7) is 2.44. The number of nitrogens with two attached hydrogens (primary N) is 1. The molecule has 1 aromatic carbocycles. The standard InChI is InChI=1S/C15H18N2O2S/c1-3-10-6-7-20-14(10)15(18)17-9-11-8-12(16)4-5-13(11)19-2/h4-8H,3,9,16H2,1-2H3,(H,17,18). The lowest BCUT2D eigenvalue weighted by Gasteiger charge is -2.10. The largest absolute Gasteiger partial charge is 0.496 e. The minimum atomic E-state index is -0.0543. The van der Waals surface area contributed by atoms with Gasteiger partial charge in [0.05, 0.1) is 12.0 Å². The van der Waals surface area contributed by atoms with E-state index in [9.17, 15) is 4.79 Å². The molecule has 0 radical (unpaired) electrons. The van der Waals surface area contributed by atoms with Crippen LogP contribution in [-0.2, 0) is 13.0 Å². The van der Waals surface area contributed by atoms with Gasteiger partial charge in [-0.2, -0.15) is 0 Å². The average molecular weight is 290 g/mol. The topological polar surface area (TPSA) is 64.4 Å². The van der Waals surface area contributed by atoms with Gasteiger partial charge in [0.15, 0.2) is 0 Å². The van der Waals surface area contributed by atoms with Crippen LogP contribution in [0.15, 0.2) is 29.6 Å². The number of nitrogens with one attached hydrogen (secondary N) is 1. The second-order valence-electron chi connectivity index (χ2n) is 4.38. The van der Waals surface area contributed by atoms with Crippen LogP contribution in [0.5, 0.6) is 5.75 Å². The maximum atomic E-state index is 12.2. The second kappa shape index (κ2) is 6.43. The van der Waals surface area contributed by atoms with Gasteiger partial charge in [-0.1, -0.05) is 6.92 Å². The van der Waals surface area contributed by atoms with Gasteiger partial charge in [-0.15, -0.1) is 11.3 Å². The smallest absolute Gasteiger partial charge is 0.261 e. The van der Waals surface area contributed by atoms with E-state index < -0.39 is 0 Å². The van der Waals surface area contributed by atoms with E-state index in [0.717, 1.165) is 28.2 Å². The summed E-state index contributed by atoms with van der Waals surface area (Å²) in [6.07, 6.45) is 0.855. The quantitative estimate of drug-likeness (QED) is 0.832. The van der Waals surface area contributed by atoms with Crippen molar-refractivity contribution in [3.05, 3.63) is 45.6 Å². The Bertz CT molecular complexity index is 608. The zero-order valence-corrected chi connectivity index (χ0v) is 12.4. The van der Waals surface area contributed by atoms with Crippen LogP contribution in [-0.4, -0.2) is 13.0 Å². The highest BCUT2D eigenvalue weighted by Crippen LogP contribution is 2.22. The molecule has 0 aliphatic heterocycles. The molecule has 2 aromatic rings. The Morgan fingerprint density at radius 2 is 2.15 bits per heavy atom. The first-order chi connectivity index (χ1) is 9.65. The van der Waals surface area contributed by atoms with Crippen molar-refractivity contribution in [1.82, 2.24) is 5.32 Å². The van der Waals surface area contributed by atoms with Crippen LogP contribution < -0.4 is 15.8 Å². The summed E-state index contributed by atoms with van der Waals surface area (Å²) in [7, 11) is 1.60. The van der Waals surface area contributed by atoms with Crippen LogP contribution in [0.25, 0.3) is 0 Å². The molecule has 0 atom stereocenters. The Morgan fingerprint density at radius 1 is 1.35 bits per heavy atom. The summed E-state index contributed by atoms with van der Waals surface area (Å²) >= 11 is 1.46. The predicted molar refractivity (Wildman–Crippen MR) is 82.3 cm³/mol. The van der Waals surface area contributed by atoms with E-state index in [1.54, 1.807) is 19.2 Å². The van der Waals surface area contributed by atoms with Crippen molar-refractivity contribution in [1.29, 1.82) is 0 Å². The lowest BCUT2D eigenvalue weighted by Crippen LogP contribution is -2.23. The van der Waals surface area contributed by atoms with Gasteiger partial charge >= 0.3 is 0 Å². The van der Waals surface area contributed by atoms with E-state index in [4.69, 9.17) is 10.5 Å². The Labute approximate surface area is 122 Å². The third kappa shape index (κ3) is 3.11. The molecule has 1 aromatic heterocycles. The zero-order chi connectivity index (χ0) is 14.5. The van der Waals surface area contributed by atoms with Gasteiger partial charge in [0.25, 0.3) is 5.91 Å². The Kier molecular flexibility index (Phi) is 4.63. The number of benzene rings is 1. The lowest BCUT2D eigenvalue weighted by molar-refractivity contribution is 0.0954. The molecule has 0 aliphatic carbocycles. The molecule has 5 heteroatoms. The van der Waals surface area contributed by atoms with Gasteiger partial charge in [0.2, 0.25) is 0 Å².